The van der Waals surface area contributed by atoms with E-state index in [2.05, 4.69) is 24.9 Å². The van der Waals surface area contributed by atoms with Gasteiger partial charge in [0.15, 0.2) is 6.61 Å². The predicted molar refractivity (Wildman–Crippen MR) is 241 cm³/mol. The molecule has 2 unspecified atom stereocenters. The lowest BCUT2D eigenvalue weighted by Crippen LogP contribution is -2.10. The van der Waals surface area contributed by atoms with Crippen molar-refractivity contribution in [1.29, 1.82) is 0 Å². The minimum atomic E-state index is -4.34. The number of fused-ring (bicyclic) bond motifs is 2. The predicted octanol–water partition coefficient (Wildman–Crippen LogP) is 14.3. The fourth-order valence-electron chi connectivity index (χ4n) is 6.98. The third-order valence-electron chi connectivity index (χ3n) is 10.2. The number of nitrogens with zero attached hydrogens (tertiary/aromatic N) is 1. The molecule has 3 aromatic heterocycles. The molecule has 0 aliphatic heterocycles. The van der Waals surface area contributed by atoms with E-state index in [1.165, 1.54) is 50.6 Å². The van der Waals surface area contributed by atoms with E-state index in [1.54, 1.807) is 52.7 Å². The Hall–Kier alpha value is -4.18. The second kappa shape index (κ2) is 22.8. The first kappa shape index (κ1) is 47.9. The van der Waals surface area contributed by atoms with Crippen LogP contribution in [0.25, 0.3) is 20.2 Å². The third kappa shape index (κ3) is 14.2. The molecule has 0 amide bonds. The lowest BCUT2D eigenvalue weighted by atomic mass is 9.94. The average molecular weight is 918 g/mol. The van der Waals surface area contributed by atoms with E-state index in [1.807, 2.05) is 26.0 Å². The molecule has 0 aliphatic rings. The summed E-state index contributed by atoms with van der Waals surface area (Å²) < 4.78 is 66.6. The van der Waals surface area contributed by atoms with Gasteiger partial charge in [-0.15, -0.1) is 34.0 Å². The number of aryl methyl sites for hydroxylation is 2. The van der Waals surface area contributed by atoms with Crippen molar-refractivity contribution >= 4 is 77.9 Å². The normalized spacial score (nSPS) is 12.6. The van der Waals surface area contributed by atoms with Gasteiger partial charge in [0.05, 0.1) is 24.3 Å². The van der Waals surface area contributed by atoms with Crippen molar-refractivity contribution in [1.82, 2.24) is 4.98 Å². The smallest absolute Gasteiger partial charge is 0.416 e. The zero-order chi connectivity index (χ0) is 44.1. The highest BCUT2D eigenvalue weighted by molar-refractivity contribution is 8.01. The summed E-state index contributed by atoms with van der Waals surface area (Å²) in [6.07, 6.45) is 3.86. The number of hydrogen-bond acceptors (Lipinski definition) is 9. The summed E-state index contributed by atoms with van der Waals surface area (Å²) in [5.41, 5.74) is 1.89. The Kier molecular flexibility index (Phi) is 17.9. The quantitative estimate of drug-likeness (QED) is 0.0543. The Morgan fingerprint density at radius 2 is 1.59 bits per heavy atom. The highest BCUT2D eigenvalue weighted by Gasteiger charge is 2.31. The summed E-state index contributed by atoms with van der Waals surface area (Å²) in [5, 5.41) is 21.4. The van der Waals surface area contributed by atoms with E-state index < -0.39 is 23.7 Å². The molecular formula is C46H51F4NO6S4. The molecule has 0 spiro atoms. The SMILES string of the molecule is CCCCC(CCOc1ccc(OCC(=O)O)c(C)c1)c1cc2ccc(F)cc2s1.CCCCC(CCSc1nc(CC(=O)O)cs1)c1sc2cc(C(F)(F)F)ccc2c1C. The van der Waals surface area contributed by atoms with Gasteiger partial charge >= 0.3 is 18.1 Å². The van der Waals surface area contributed by atoms with Crippen LogP contribution in [-0.2, 0) is 22.2 Å². The summed E-state index contributed by atoms with van der Waals surface area (Å²) in [4.78, 5) is 28.3. The molecule has 0 saturated carbocycles. The molecule has 0 saturated heterocycles. The first-order valence-electron chi connectivity index (χ1n) is 20.3. The Bertz CT molecular complexity index is 2370. The molecule has 61 heavy (non-hydrogen) atoms. The van der Waals surface area contributed by atoms with Crippen LogP contribution < -0.4 is 9.47 Å². The zero-order valence-corrected chi connectivity index (χ0v) is 37.9. The van der Waals surface area contributed by atoms with Crippen LogP contribution in [0.1, 0.15) is 109 Å². The number of thiazole rings is 1. The van der Waals surface area contributed by atoms with Crippen LogP contribution in [-0.4, -0.2) is 46.1 Å². The van der Waals surface area contributed by atoms with Crippen molar-refractivity contribution in [3.05, 3.63) is 104 Å². The largest absolute Gasteiger partial charge is 0.494 e. The van der Waals surface area contributed by atoms with Gasteiger partial charge in [-0.05, 0) is 122 Å². The number of rotatable bonds is 21. The molecule has 0 aliphatic carbocycles. The molecule has 6 aromatic rings. The van der Waals surface area contributed by atoms with Gasteiger partial charge < -0.3 is 19.7 Å². The maximum atomic E-state index is 13.5. The minimum absolute atomic E-state index is 0.0723. The standard InChI is InChI=1S/C24H27FO4S.C22H24F3NO2S3/c1-3-4-5-17(22-13-18-6-7-19(25)14-23(18)30-22)10-11-28-20-8-9-21(16(2)12-20)29-15-24(26)27;1-3-4-5-14(8-9-29-21-26-16(12-30-21)11-19(27)28)20-13(2)17-7-6-15(22(23,24)25)10-18(17)31-20/h6-9,12-14,17H,3-5,10-11,15H2,1-2H3,(H,26,27);6-7,10,12,14H,3-5,8-9,11H2,1-2H3,(H,27,28). The van der Waals surface area contributed by atoms with Crippen LogP contribution in [0.3, 0.4) is 0 Å². The summed E-state index contributed by atoms with van der Waals surface area (Å²) in [6.45, 7) is 8.41. The number of aromatic nitrogens is 1. The molecule has 0 fully saturated rings. The van der Waals surface area contributed by atoms with Crippen LogP contribution in [0, 0.1) is 19.7 Å². The van der Waals surface area contributed by atoms with E-state index in [0.29, 0.717) is 28.7 Å². The van der Waals surface area contributed by atoms with Crippen molar-refractivity contribution < 1.29 is 46.8 Å². The molecule has 2 N–H and O–H groups in total. The first-order valence-corrected chi connectivity index (χ1v) is 23.8. The number of unbranched alkanes of at least 4 members (excludes halogenated alkanes) is 2. The van der Waals surface area contributed by atoms with Gasteiger partial charge in [0.2, 0.25) is 0 Å². The molecule has 6 rings (SSSR count). The first-order chi connectivity index (χ1) is 29.1. The van der Waals surface area contributed by atoms with E-state index in [0.717, 1.165) is 93.8 Å². The second-order valence-corrected chi connectivity index (χ2v) is 19.3. The molecule has 7 nitrogen and oxygen atoms in total. The fraction of sp³-hybridized carbons (Fsp3) is 0.413. The average Bonchev–Trinajstić information content (AvgIpc) is 3.93. The van der Waals surface area contributed by atoms with Gasteiger partial charge in [-0.25, -0.2) is 14.2 Å². The Balaban J connectivity index is 0.000000231. The van der Waals surface area contributed by atoms with E-state index in [4.69, 9.17) is 19.7 Å². The van der Waals surface area contributed by atoms with Crippen LogP contribution >= 0.6 is 45.8 Å². The van der Waals surface area contributed by atoms with Crippen molar-refractivity contribution in [2.45, 2.75) is 108 Å². The Morgan fingerprint density at radius 3 is 2.28 bits per heavy atom. The Morgan fingerprint density at radius 1 is 0.836 bits per heavy atom. The highest BCUT2D eigenvalue weighted by atomic mass is 32.2. The zero-order valence-electron chi connectivity index (χ0n) is 34.6. The van der Waals surface area contributed by atoms with Crippen molar-refractivity contribution in [2.75, 3.05) is 19.0 Å². The lowest BCUT2D eigenvalue weighted by molar-refractivity contribution is -0.139. The summed E-state index contributed by atoms with van der Waals surface area (Å²) >= 11 is 6.22. The summed E-state index contributed by atoms with van der Waals surface area (Å²) in [7, 11) is 0. The highest BCUT2D eigenvalue weighted by Crippen LogP contribution is 2.43. The number of thiophene rings is 2. The number of carboxylic acids is 2. The van der Waals surface area contributed by atoms with Gasteiger partial charge in [0.1, 0.15) is 21.7 Å². The lowest BCUT2D eigenvalue weighted by Gasteiger charge is -2.16. The van der Waals surface area contributed by atoms with Crippen LogP contribution in [0.5, 0.6) is 11.5 Å². The van der Waals surface area contributed by atoms with Crippen LogP contribution in [0.2, 0.25) is 0 Å². The van der Waals surface area contributed by atoms with Gasteiger partial charge in [-0.3, -0.25) is 4.79 Å². The number of thioether (sulfide) groups is 1. The molecular weight excluding hydrogens is 867 g/mol. The van der Waals surface area contributed by atoms with Gasteiger partial charge in [0, 0.05) is 30.3 Å². The number of carbonyl (C=O) groups is 2. The fourth-order valence-corrected chi connectivity index (χ4v) is 11.6. The molecule has 2 atom stereocenters. The summed E-state index contributed by atoms with van der Waals surface area (Å²) in [5.74, 6) is 0.687. The molecule has 3 heterocycles. The number of benzene rings is 3. The van der Waals surface area contributed by atoms with Crippen LogP contribution in [0.15, 0.2) is 70.4 Å². The second-order valence-electron chi connectivity index (χ2n) is 14.9. The monoisotopic (exact) mass is 917 g/mol. The number of aliphatic carboxylic acids is 2. The van der Waals surface area contributed by atoms with E-state index >= 15 is 0 Å². The summed E-state index contributed by atoms with van der Waals surface area (Å²) in [6, 6.07) is 16.6. The van der Waals surface area contributed by atoms with Gasteiger partial charge in [-0.2, -0.15) is 13.2 Å². The third-order valence-corrected chi connectivity index (χ3v) is 15.0. The molecule has 0 radical (unpaired) electrons. The minimum Gasteiger partial charge on any atom is -0.494 e. The van der Waals surface area contributed by atoms with Gasteiger partial charge in [0.25, 0.3) is 0 Å². The maximum Gasteiger partial charge on any atom is 0.416 e. The molecule has 0 bridgehead atoms. The van der Waals surface area contributed by atoms with Gasteiger partial charge in [-0.1, -0.05) is 63.4 Å². The maximum absolute atomic E-state index is 13.5. The van der Waals surface area contributed by atoms with Crippen molar-refractivity contribution in [2.24, 2.45) is 0 Å². The van der Waals surface area contributed by atoms with Crippen LogP contribution in [0.4, 0.5) is 17.6 Å². The molecule has 15 heteroatoms. The van der Waals surface area contributed by atoms with E-state index in [9.17, 15) is 27.2 Å². The molecule has 328 valence electrons. The topological polar surface area (TPSA) is 106 Å². The molecule has 3 aromatic carbocycles. The number of alkyl halides is 3. The van der Waals surface area contributed by atoms with Crippen molar-refractivity contribution in [3.63, 3.8) is 0 Å². The van der Waals surface area contributed by atoms with Crippen molar-refractivity contribution in [3.8, 4) is 11.5 Å². The van der Waals surface area contributed by atoms with E-state index in [-0.39, 0.29) is 24.8 Å². The number of ether oxygens (including phenoxy) is 2. The number of carboxylic acid groups (broad SMARTS) is 2. The number of hydrogen-bond donors (Lipinski definition) is 2. The number of halogens is 4. The Labute approximate surface area is 370 Å².